The minimum absolute atomic E-state index is 0.0289. The van der Waals surface area contributed by atoms with E-state index in [0.717, 1.165) is 75.4 Å². The molecular weight excluding hydrogens is 340 g/mol. The van der Waals surface area contributed by atoms with Crippen LogP contribution in [0.1, 0.15) is 36.9 Å². The van der Waals surface area contributed by atoms with Crippen molar-refractivity contribution in [2.75, 3.05) is 32.8 Å². The fraction of sp³-hybridized carbons (Fsp3) is 0.571. The Labute approximate surface area is 159 Å². The Morgan fingerprint density at radius 2 is 2.19 bits per heavy atom. The number of piperidine rings is 1. The van der Waals surface area contributed by atoms with E-state index in [-0.39, 0.29) is 11.0 Å². The first kappa shape index (κ1) is 17.1. The summed E-state index contributed by atoms with van der Waals surface area (Å²) in [7, 11) is 0. The van der Waals surface area contributed by atoms with Gasteiger partial charge in [0, 0.05) is 42.1 Å². The van der Waals surface area contributed by atoms with E-state index in [2.05, 4.69) is 14.9 Å². The fourth-order valence-electron chi connectivity index (χ4n) is 5.03. The molecule has 0 radical (unpaired) electrons. The van der Waals surface area contributed by atoms with Crippen LogP contribution in [0, 0.1) is 5.92 Å². The molecule has 1 atom stereocenters. The molecule has 142 valence electrons. The average Bonchev–Trinajstić information content (AvgIpc) is 3.33. The van der Waals surface area contributed by atoms with Crippen LogP contribution in [0.25, 0.3) is 11.4 Å². The second kappa shape index (κ2) is 6.84. The molecule has 6 heteroatoms. The van der Waals surface area contributed by atoms with Crippen molar-refractivity contribution in [3.05, 3.63) is 46.1 Å². The Bertz CT molecular complexity index is 865. The van der Waals surface area contributed by atoms with Crippen molar-refractivity contribution in [2.45, 2.75) is 37.5 Å². The van der Waals surface area contributed by atoms with Crippen LogP contribution in [-0.2, 0) is 16.6 Å². The van der Waals surface area contributed by atoms with E-state index in [1.165, 1.54) is 6.42 Å². The topological polar surface area (TPSA) is 71.1 Å². The Morgan fingerprint density at radius 3 is 2.93 bits per heavy atom. The van der Waals surface area contributed by atoms with Crippen LogP contribution in [-0.4, -0.2) is 52.7 Å². The third-order valence-electron chi connectivity index (χ3n) is 6.66. The van der Waals surface area contributed by atoms with Gasteiger partial charge >= 0.3 is 0 Å². The molecule has 1 spiro atoms. The summed E-state index contributed by atoms with van der Waals surface area (Å²) in [5.74, 6) is 1.34. The average molecular weight is 366 g/mol. The van der Waals surface area contributed by atoms with E-state index in [9.17, 15) is 4.79 Å². The predicted octanol–water partition coefficient (Wildman–Crippen LogP) is 2.15. The Hall–Kier alpha value is -2.05. The first-order chi connectivity index (χ1) is 13.2. The van der Waals surface area contributed by atoms with Gasteiger partial charge in [0.05, 0.1) is 12.3 Å². The van der Waals surface area contributed by atoms with Gasteiger partial charge in [0.25, 0.3) is 5.56 Å². The number of likely N-dealkylation sites (tertiary alicyclic amines) is 1. The molecule has 27 heavy (non-hydrogen) atoms. The maximum absolute atomic E-state index is 12.7. The number of pyridine rings is 1. The summed E-state index contributed by atoms with van der Waals surface area (Å²) in [5.41, 5.74) is 2.93. The highest BCUT2D eigenvalue weighted by molar-refractivity contribution is 5.54. The number of nitrogens with zero attached hydrogens (tertiary/aromatic N) is 3. The van der Waals surface area contributed by atoms with Crippen LogP contribution in [0.2, 0.25) is 0 Å². The van der Waals surface area contributed by atoms with Crippen LogP contribution < -0.4 is 5.56 Å². The minimum Gasteiger partial charge on any atom is -0.381 e. The van der Waals surface area contributed by atoms with Crippen LogP contribution >= 0.6 is 0 Å². The third kappa shape index (κ3) is 3.11. The fourth-order valence-corrected chi connectivity index (χ4v) is 5.03. The molecule has 1 unspecified atom stereocenters. The summed E-state index contributed by atoms with van der Waals surface area (Å²) >= 11 is 0. The number of aromatic amines is 1. The van der Waals surface area contributed by atoms with E-state index in [1.54, 1.807) is 12.4 Å². The lowest BCUT2D eigenvalue weighted by Crippen LogP contribution is -2.44. The number of hydrogen-bond acceptors (Lipinski definition) is 5. The smallest absolute Gasteiger partial charge is 0.254 e. The molecule has 0 bridgehead atoms. The molecule has 1 aliphatic carbocycles. The van der Waals surface area contributed by atoms with Crippen molar-refractivity contribution in [3.8, 4) is 11.4 Å². The third-order valence-corrected chi connectivity index (χ3v) is 6.66. The summed E-state index contributed by atoms with van der Waals surface area (Å²) in [5, 5.41) is 0. The molecule has 4 heterocycles. The zero-order chi connectivity index (χ0) is 18.3. The van der Waals surface area contributed by atoms with Crippen LogP contribution in [0.4, 0.5) is 0 Å². The molecule has 5 rings (SSSR count). The lowest BCUT2D eigenvalue weighted by atomic mass is 9.76. The first-order valence-corrected chi connectivity index (χ1v) is 10.1. The molecule has 1 N–H and O–H groups in total. The monoisotopic (exact) mass is 366 g/mol. The maximum atomic E-state index is 12.7. The number of nitrogens with one attached hydrogen (secondary N) is 1. The van der Waals surface area contributed by atoms with Gasteiger partial charge in [-0.15, -0.1) is 0 Å². The van der Waals surface area contributed by atoms with Gasteiger partial charge in [-0.1, -0.05) is 0 Å². The van der Waals surface area contributed by atoms with Gasteiger partial charge in [-0.05, 0) is 63.2 Å². The molecule has 2 aromatic heterocycles. The summed E-state index contributed by atoms with van der Waals surface area (Å²) in [4.78, 5) is 27.4. The quantitative estimate of drug-likeness (QED) is 0.901. The summed E-state index contributed by atoms with van der Waals surface area (Å²) in [6, 6.07) is 3.83. The van der Waals surface area contributed by atoms with Gasteiger partial charge in [0.15, 0.2) is 0 Å². The van der Waals surface area contributed by atoms with E-state index in [0.29, 0.717) is 11.7 Å². The number of H-pyrrole nitrogens is 1. The predicted molar refractivity (Wildman–Crippen MR) is 103 cm³/mol. The number of ether oxygens (including phenoxy) is 1. The van der Waals surface area contributed by atoms with Gasteiger partial charge in [-0.25, -0.2) is 4.98 Å². The minimum atomic E-state index is 0.0289. The summed E-state index contributed by atoms with van der Waals surface area (Å²) in [6.45, 7) is 5.15. The number of fused-ring (bicyclic) bond motifs is 2. The van der Waals surface area contributed by atoms with E-state index in [4.69, 9.17) is 9.72 Å². The highest BCUT2D eigenvalue weighted by Crippen LogP contribution is 2.44. The molecule has 2 fully saturated rings. The van der Waals surface area contributed by atoms with Gasteiger partial charge in [-0.3, -0.25) is 9.78 Å². The number of hydrogen-bond donors (Lipinski definition) is 1. The Morgan fingerprint density at radius 1 is 1.30 bits per heavy atom. The normalized spacial score (nSPS) is 24.4. The zero-order valence-electron chi connectivity index (χ0n) is 15.6. The van der Waals surface area contributed by atoms with Gasteiger partial charge < -0.3 is 14.6 Å². The van der Waals surface area contributed by atoms with Crippen LogP contribution in [0.5, 0.6) is 0 Å². The highest BCUT2D eigenvalue weighted by atomic mass is 16.5. The molecule has 0 aromatic carbocycles. The maximum Gasteiger partial charge on any atom is 0.254 e. The molecule has 0 amide bonds. The zero-order valence-corrected chi connectivity index (χ0v) is 15.6. The Balaban J connectivity index is 1.39. The van der Waals surface area contributed by atoms with E-state index >= 15 is 0 Å². The van der Waals surface area contributed by atoms with Crippen molar-refractivity contribution in [3.63, 3.8) is 0 Å². The van der Waals surface area contributed by atoms with Crippen LogP contribution in [0.3, 0.4) is 0 Å². The number of aromatic nitrogens is 3. The molecule has 0 saturated carbocycles. The van der Waals surface area contributed by atoms with E-state index in [1.807, 2.05) is 12.1 Å². The SMILES string of the molecule is O=c1[nH]c(-c2cccnc2)nc2c1CCC21CCN(CC2CCOC2)CC1. The van der Waals surface area contributed by atoms with Crippen LogP contribution in [0.15, 0.2) is 29.3 Å². The molecular formula is C21H26N4O2. The van der Waals surface area contributed by atoms with Gasteiger partial charge in [0.2, 0.25) is 0 Å². The lowest BCUT2D eigenvalue weighted by Gasteiger charge is -2.40. The number of rotatable bonds is 3. The lowest BCUT2D eigenvalue weighted by molar-refractivity contribution is 0.126. The van der Waals surface area contributed by atoms with Gasteiger partial charge in [0.1, 0.15) is 5.82 Å². The van der Waals surface area contributed by atoms with Gasteiger partial charge in [-0.2, -0.15) is 0 Å². The molecule has 2 saturated heterocycles. The second-order valence-electron chi connectivity index (χ2n) is 8.29. The standard InChI is InChI=1S/C21H26N4O2/c26-20-17-3-5-21(6-9-25(10-7-21)13-15-4-11-27-14-15)18(17)23-19(24-20)16-2-1-8-22-12-16/h1-2,8,12,15H,3-7,9-11,13-14H2,(H,23,24,26). The molecule has 2 aliphatic heterocycles. The van der Waals surface area contributed by atoms with E-state index < -0.39 is 0 Å². The summed E-state index contributed by atoms with van der Waals surface area (Å²) < 4.78 is 5.53. The summed E-state index contributed by atoms with van der Waals surface area (Å²) in [6.07, 6.45) is 8.78. The molecule has 2 aromatic rings. The Kier molecular flexibility index (Phi) is 4.32. The van der Waals surface area contributed by atoms with Crippen molar-refractivity contribution in [1.29, 1.82) is 0 Å². The molecule has 6 nitrogen and oxygen atoms in total. The van der Waals surface area contributed by atoms with Crippen molar-refractivity contribution >= 4 is 0 Å². The van der Waals surface area contributed by atoms with Crippen molar-refractivity contribution in [2.24, 2.45) is 5.92 Å². The second-order valence-corrected chi connectivity index (χ2v) is 8.29. The van der Waals surface area contributed by atoms with Crippen molar-refractivity contribution < 1.29 is 4.74 Å². The molecule has 3 aliphatic rings. The largest absolute Gasteiger partial charge is 0.381 e. The van der Waals surface area contributed by atoms with Crippen molar-refractivity contribution in [1.82, 2.24) is 19.9 Å². The first-order valence-electron chi connectivity index (χ1n) is 10.1. The highest BCUT2D eigenvalue weighted by Gasteiger charge is 2.44.